The zero-order valence-electron chi connectivity index (χ0n) is 16.6. The van der Waals surface area contributed by atoms with Crippen molar-refractivity contribution < 1.29 is 0 Å². The van der Waals surface area contributed by atoms with Crippen LogP contribution in [0.5, 0.6) is 0 Å². The van der Waals surface area contributed by atoms with Gasteiger partial charge in [0.15, 0.2) is 0 Å². The first kappa shape index (κ1) is 20.1. The number of hydrogen-bond donors (Lipinski definition) is 1. The van der Waals surface area contributed by atoms with Crippen LogP contribution in [0.3, 0.4) is 0 Å². The molecule has 1 N–H and O–H groups in total. The summed E-state index contributed by atoms with van der Waals surface area (Å²) in [6.45, 7) is 1.89. The first-order valence-corrected chi connectivity index (χ1v) is 10.6. The number of nitrogens with zero attached hydrogens (tertiary/aromatic N) is 3. The molecule has 1 aromatic heterocycles. The van der Waals surface area contributed by atoms with Gasteiger partial charge in [0.25, 0.3) is 0 Å². The second kappa shape index (κ2) is 8.70. The number of rotatable bonds is 6. The van der Waals surface area contributed by atoms with Gasteiger partial charge in [0.2, 0.25) is 5.95 Å². The minimum Gasteiger partial charge on any atom is -0.354 e. The van der Waals surface area contributed by atoms with E-state index in [0.29, 0.717) is 16.0 Å². The Balaban J connectivity index is 1.64. The van der Waals surface area contributed by atoms with E-state index in [0.717, 1.165) is 48.3 Å². The van der Waals surface area contributed by atoms with Crippen LogP contribution in [0.1, 0.15) is 29.0 Å². The number of halogens is 2. The fourth-order valence-electron chi connectivity index (χ4n) is 3.84. The van der Waals surface area contributed by atoms with Crippen molar-refractivity contribution in [1.29, 1.82) is 0 Å². The smallest absolute Gasteiger partial charge is 0.223 e. The molecule has 0 fully saturated rings. The van der Waals surface area contributed by atoms with Gasteiger partial charge in [-0.1, -0.05) is 53.5 Å². The van der Waals surface area contributed by atoms with E-state index in [4.69, 9.17) is 28.2 Å². The third-order valence-electron chi connectivity index (χ3n) is 5.29. The molecule has 2 aromatic carbocycles. The van der Waals surface area contributed by atoms with Crippen molar-refractivity contribution in [2.75, 3.05) is 32.5 Å². The first-order valence-electron chi connectivity index (χ1n) is 9.81. The molecule has 4 rings (SSSR count). The van der Waals surface area contributed by atoms with Crippen molar-refractivity contribution in [3.8, 4) is 11.3 Å². The number of nitrogens with one attached hydrogen (secondary N) is 1. The normalized spacial score (nSPS) is 15.1. The summed E-state index contributed by atoms with van der Waals surface area (Å²) < 4.78 is 0. The van der Waals surface area contributed by atoms with Gasteiger partial charge in [0.05, 0.1) is 15.7 Å². The molecule has 3 aromatic rings. The summed E-state index contributed by atoms with van der Waals surface area (Å²) in [6.07, 6.45) is 3.84. The lowest BCUT2D eigenvalue weighted by Crippen LogP contribution is -2.18. The van der Waals surface area contributed by atoms with Crippen LogP contribution in [0.25, 0.3) is 11.3 Å². The monoisotopic (exact) mass is 426 g/mol. The molecule has 150 valence electrons. The molecule has 0 aliphatic heterocycles. The molecular weight excluding hydrogens is 403 g/mol. The van der Waals surface area contributed by atoms with Gasteiger partial charge >= 0.3 is 0 Å². The topological polar surface area (TPSA) is 41.0 Å². The molecule has 1 heterocycles. The third-order valence-corrected chi connectivity index (χ3v) is 6.03. The van der Waals surface area contributed by atoms with Crippen LogP contribution in [0.15, 0.2) is 48.7 Å². The molecule has 0 saturated carbocycles. The molecule has 0 unspecified atom stereocenters. The highest BCUT2D eigenvalue weighted by Gasteiger charge is 2.27. The molecular formula is C23H24Cl2N4. The van der Waals surface area contributed by atoms with Gasteiger partial charge in [0.1, 0.15) is 0 Å². The van der Waals surface area contributed by atoms with Gasteiger partial charge in [-0.2, -0.15) is 0 Å². The lowest BCUT2D eigenvalue weighted by molar-refractivity contribution is 0.405. The Morgan fingerprint density at radius 3 is 2.72 bits per heavy atom. The lowest BCUT2D eigenvalue weighted by atomic mass is 9.78. The molecule has 0 radical (unpaired) electrons. The highest BCUT2D eigenvalue weighted by Crippen LogP contribution is 2.42. The number of fused-ring (bicyclic) bond motifs is 3. The van der Waals surface area contributed by atoms with Crippen molar-refractivity contribution >= 4 is 29.2 Å². The van der Waals surface area contributed by atoms with Crippen LogP contribution in [0.4, 0.5) is 5.95 Å². The summed E-state index contributed by atoms with van der Waals surface area (Å²) in [5.41, 5.74) is 5.74. The highest BCUT2D eigenvalue weighted by atomic mass is 35.5. The Labute approximate surface area is 181 Å². The van der Waals surface area contributed by atoms with Crippen molar-refractivity contribution in [2.24, 2.45) is 0 Å². The lowest BCUT2D eigenvalue weighted by Gasteiger charge is -2.27. The van der Waals surface area contributed by atoms with E-state index in [1.165, 1.54) is 5.56 Å². The molecule has 4 nitrogen and oxygen atoms in total. The molecule has 0 bridgehead atoms. The number of aromatic nitrogens is 2. The molecule has 1 aliphatic rings. The summed E-state index contributed by atoms with van der Waals surface area (Å²) in [5, 5.41) is 4.52. The minimum atomic E-state index is 0.205. The average molecular weight is 427 g/mol. The molecule has 29 heavy (non-hydrogen) atoms. The van der Waals surface area contributed by atoms with Crippen LogP contribution in [-0.4, -0.2) is 42.1 Å². The van der Waals surface area contributed by atoms with Gasteiger partial charge in [-0.25, -0.2) is 9.97 Å². The summed E-state index contributed by atoms with van der Waals surface area (Å²) in [7, 11) is 4.16. The second-order valence-corrected chi connectivity index (χ2v) is 8.48. The van der Waals surface area contributed by atoms with Gasteiger partial charge in [-0.05, 0) is 62.3 Å². The molecule has 1 atom stereocenters. The van der Waals surface area contributed by atoms with E-state index in [9.17, 15) is 0 Å². The second-order valence-electron chi connectivity index (χ2n) is 7.67. The molecule has 0 spiro atoms. The van der Waals surface area contributed by atoms with Crippen LogP contribution in [0.2, 0.25) is 10.0 Å². The molecule has 6 heteroatoms. The summed E-state index contributed by atoms with van der Waals surface area (Å²) >= 11 is 12.4. The minimum absolute atomic E-state index is 0.205. The third kappa shape index (κ3) is 4.40. The molecule has 1 aliphatic carbocycles. The fraction of sp³-hybridized carbons (Fsp3) is 0.304. The predicted octanol–water partition coefficient (Wildman–Crippen LogP) is 5.50. The Hall–Kier alpha value is -2.14. The van der Waals surface area contributed by atoms with E-state index >= 15 is 0 Å². The maximum absolute atomic E-state index is 6.29. The zero-order chi connectivity index (χ0) is 20.4. The maximum Gasteiger partial charge on any atom is 0.223 e. The van der Waals surface area contributed by atoms with Crippen molar-refractivity contribution in [3.05, 3.63) is 75.4 Å². The van der Waals surface area contributed by atoms with E-state index in [1.54, 1.807) is 0 Å². The van der Waals surface area contributed by atoms with Gasteiger partial charge < -0.3 is 10.2 Å². The molecule has 0 saturated heterocycles. The van der Waals surface area contributed by atoms with Gasteiger partial charge in [-0.3, -0.25) is 0 Å². The maximum atomic E-state index is 6.29. The largest absolute Gasteiger partial charge is 0.354 e. The van der Waals surface area contributed by atoms with Crippen LogP contribution in [-0.2, 0) is 6.42 Å². The number of benzene rings is 2. The van der Waals surface area contributed by atoms with Gasteiger partial charge in [-0.15, -0.1) is 0 Å². The Morgan fingerprint density at radius 1 is 1.10 bits per heavy atom. The van der Waals surface area contributed by atoms with E-state index < -0.39 is 0 Å². The van der Waals surface area contributed by atoms with Crippen LogP contribution >= 0.6 is 23.2 Å². The first-order chi connectivity index (χ1) is 14.0. The van der Waals surface area contributed by atoms with Crippen molar-refractivity contribution in [3.63, 3.8) is 0 Å². The SMILES string of the molecule is CN(C)CCCNc1ncc2c(n1)-c1ccccc1[C@@H](c1ccc(Cl)c(Cl)c1)C2. The predicted molar refractivity (Wildman–Crippen MR) is 121 cm³/mol. The summed E-state index contributed by atoms with van der Waals surface area (Å²) in [4.78, 5) is 11.6. The van der Waals surface area contributed by atoms with Crippen molar-refractivity contribution in [1.82, 2.24) is 14.9 Å². The number of hydrogen-bond acceptors (Lipinski definition) is 4. The van der Waals surface area contributed by atoms with E-state index in [1.807, 2.05) is 18.3 Å². The quantitative estimate of drug-likeness (QED) is 0.528. The van der Waals surface area contributed by atoms with Gasteiger partial charge in [0, 0.05) is 24.2 Å². The number of anilines is 1. The fourth-order valence-corrected chi connectivity index (χ4v) is 4.15. The Morgan fingerprint density at radius 2 is 1.93 bits per heavy atom. The van der Waals surface area contributed by atoms with E-state index in [2.05, 4.69) is 59.6 Å². The summed E-state index contributed by atoms with van der Waals surface area (Å²) in [5.74, 6) is 0.890. The van der Waals surface area contributed by atoms with Crippen LogP contribution < -0.4 is 5.32 Å². The molecule has 0 amide bonds. The Bertz CT molecular complexity index is 1020. The van der Waals surface area contributed by atoms with E-state index in [-0.39, 0.29) is 5.92 Å². The van der Waals surface area contributed by atoms with Crippen molar-refractivity contribution in [2.45, 2.75) is 18.8 Å². The Kier molecular flexibility index (Phi) is 6.04. The summed E-state index contributed by atoms with van der Waals surface area (Å²) in [6, 6.07) is 14.4. The average Bonchev–Trinajstić information content (AvgIpc) is 2.72. The highest BCUT2D eigenvalue weighted by molar-refractivity contribution is 6.42. The standard InChI is InChI=1S/C23H24Cl2N4/c1-29(2)11-5-10-26-23-27-14-16-12-19(15-8-9-20(24)21(25)13-15)17-6-3-4-7-18(17)22(16)28-23/h3-4,6-9,13-14,19H,5,10-12H2,1-2H3,(H,26,27,28)/t19-/m1/s1. The zero-order valence-corrected chi connectivity index (χ0v) is 18.1. The van der Waals surface area contributed by atoms with Crippen LogP contribution in [0, 0.1) is 0 Å².